The summed E-state index contributed by atoms with van der Waals surface area (Å²) < 4.78 is 0. The van der Waals surface area contributed by atoms with E-state index in [4.69, 9.17) is 0 Å². The monoisotopic (exact) mass is 350 g/mol. The maximum Gasteiger partial charge on any atom is 0.227 e. The Morgan fingerprint density at radius 3 is 2.62 bits per heavy atom. The number of nitrogens with one attached hydrogen (secondary N) is 1. The Labute approximate surface area is 155 Å². The smallest absolute Gasteiger partial charge is 0.227 e. The van der Waals surface area contributed by atoms with Gasteiger partial charge in [0.05, 0.1) is 5.92 Å². The summed E-state index contributed by atoms with van der Waals surface area (Å²) in [6, 6.07) is 16.1. The molecule has 1 N–H and O–H groups in total. The first-order valence-corrected chi connectivity index (χ1v) is 9.16. The third-order valence-corrected chi connectivity index (χ3v) is 5.31. The molecule has 0 unspecified atom stereocenters. The second-order valence-electron chi connectivity index (χ2n) is 7.18. The largest absolute Gasteiger partial charge is 0.355 e. The molecule has 1 aliphatic rings. The molecule has 1 fully saturated rings. The number of carbonyl (C=O) groups excluding carboxylic acids is 2. The van der Waals surface area contributed by atoms with Crippen LogP contribution in [-0.4, -0.2) is 24.9 Å². The summed E-state index contributed by atoms with van der Waals surface area (Å²) in [4.78, 5) is 26.8. The molecule has 1 aliphatic heterocycles. The number of amides is 2. The van der Waals surface area contributed by atoms with Crippen LogP contribution in [0.5, 0.6) is 0 Å². The van der Waals surface area contributed by atoms with Crippen molar-refractivity contribution in [2.24, 2.45) is 5.92 Å². The molecule has 4 nitrogen and oxygen atoms in total. The van der Waals surface area contributed by atoms with Gasteiger partial charge in [-0.1, -0.05) is 49.4 Å². The lowest BCUT2D eigenvalue weighted by molar-refractivity contribution is -0.126. The van der Waals surface area contributed by atoms with Gasteiger partial charge >= 0.3 is 0 Å². The minimum absolute atomic E-state index is 0.0231. The zero-order chi connectivity index (χ0) is 18.7. The van der Waals surface area contributed by atoms with E-state index in [1.807, 2.05) is 50.2 Å². The number of benzene rings is 2. The van der Waals surface area contributed by atoms with Crippen LogP contribution in [0.2, 0.25) is 0 Å². The van der Waals surface area contributed by atoms with E-state index in [9.17, 15) is 9.59 Å². The quantitative estimate of drug-likeness (QED) is 0.896. The van der Waals surface area contributed by atoms with Crippen molar-refractivity contribution in [2.75, 3.05) is 18.0 Å². The van der Waals surface area contributed by atoms with Crippen molar-refractivity contribution in [3.8, 4) is 0 Å². The topological polar surface area (TPSA) is 49.4 Å². The maximum absolute atomic E-state index is 12.6. The van der Waals surface area contributed by atoms with Crippen molar-refractivity contribution in [1.29, 1.82) is 0 Å². The van der Waals surface area contributed by atoms with Crippen molar-refractivity contribution >= 4 is 17.5 Å². The minimum Gasteiger partial charge on any atom is -0.355 e. The zero-order valence-electron chi connectivity index (χ0n) is 15.7. The first-order valence-electron chi connectivity index (χ1n) is 9.16. The minimum atomic E-state index is -0.287. The molecule has 0 aromatic heterocycles. The molecule has 1 heterocycles. The second-order valence-corrected chi connectivity index (χ2v) is 7.18. The van der Waals surface area contributed by atoms with Crippen molar-refractivity contribution < 1.29 is 9.59 Å². The number of aryl methyl sites for hydroxylation is 1. The number of nitrogens with zero attached hydrogens (tertiary/aromatic N) is 1. The average molecular weight is 350 g/mol. The molecule has 1 saturated heterocycles. The average Bonchev–Trinajstić information content (AvgIpc) is 3.04. The normalized spacial score (nSPS) is 18.0. The van der Waals surface area contributed by atoms with Gasteiger partial charge in [0, 0.05) is 25.2 Å². The molecule has 0 radical (unpaired) electrons. The molecule has 2 aromatic rings. The van der Waals surface area contributed by atoms with Gasteiger partial charge in [0.15, 0.2) is 0 Å². The lowest BCUT2D eigenvalue weighted by Gasteiger charge is -2.20. The van der Waals surface area contributed by atoms with Crippen LogP contribution < -0.4 is 10.2 Å². The first-order chi connectivity index (χ1) is 12.5. The van der Waals surface area contributed by atoms with E-state index in [2.05, 4.69) is 24.4 Å². The number of hydrogen-bond acceptors (Lipinski definition) is 2. The van der Waals surface area contributed by atoms with Crippen LogP contribution >= 0.6 is 0 Å². The first kappa shape index (κ1) is 18.2. The predicted octanol–water partition coefficient (Wildman–Crippen LogP) is 3.58. The number of carbonyl (C=O) groups is 2. The summed E-state index contributed by atoms with van der Waals surface area (Å²) in [5.74, 6) is -0.0540. The fourth-order valence-corrected chi connectivity index (χ4v) is 3.44. The number of rotatable bonds is 5. The van der Waals surface area contributed by atoms with Gasteiger partial charge in [-0.2, -0.15) is 0 Å². The van der Waals surface area contributed by atoms with Crippen LogP contribution in [0.15, 0.2) is 48.5 Å². The number of anilines is 1. The molecule has 4 heteroatoms. The van der Waals surface area contributed by atoms with Gasteiger partial charge in [0.2, 0.25) is 11.8 Å². The van der Waals surface area contributed by atoms with E-state index in [1.165, 1.54) is 5.56 Å². The summed E-state index contributed by atoms with van der Waals surface area (Å²) in [6.45, 7) is 7.19. The van der Waals surface area contributed by atoms with Crippen LogP contribution in [0.1, 0.15) is 36.0 Å². The lowest BCUT2D eigenvalue weighted by Crippen LogP contribution is -2.35. The Kier molecular flexibility index (Phi) is 5.40. The van der Waals surface area contributed by atoms with Crippen molar-refractivity contribution in [1.82, 2.24) is 5.32 Å². The molecular formula is C22H26N2O2. The predicted molar refractivity (Wildman–Crippen MR) is 104 cm³/mol. The van der Waals surface area contributed by atoms with Gasteiger partial charge in [-0.3, -0.25) is 9.59 Å². The molecule has 26 heavy (non-hydrogen) atoms. The highest BCUT2D eigenvalue weighted by Crippen LogP contribution is 2.29. The van der Waals surface area contributed by atoms with Gasteiger partial charge in [-0.15, -0.1) is 0 Å². The van der Waals surface area contributed by atoms with Crippen LogP contribution in [0.25, 0.3) is 0 Å². The fourth-order valence-electron chi connectivity index (χ4n) is 3.44. The van der Waals surface area contributed by atoms with Gasteiger partial charge in [-0.05, 0) is 42.5 Å². The molecule has 136 valence electrons. The standard InChI is InChI=1S/C22H26N2O2/c1-15-8-7-11-20(17(15)3)24-14-19(12-21(24)25)22(26)23-13-16(2)18-9-5-4-6-10-18/h4-11,16,19H,12-14H2,1-3H3,(H,23,26)/t16-,19-/m1/s1. The third kappa shape index (κ3) is 3.79. The Balaban J connectivity index is 1.61. The van der Waals surface area contributed by atoms with Crippen LogP contribution in [0.4, 0.5) is 5.69 Å². The second kappa shape index (κ2) is 7.73. The highest BCUT2D eigenvalue weighted by Gasteiger charge is 2.35. The van der Waals surface area contributed by atoms with Crippen molar-refractivity contribution in [3.05, 3.63) is 65.2 Å². The Morgan fingerprint density at radius 2 is 1.88 bits per heavy atom. The van der Waals surface area contributed by atoms with E-state index in [-0.39, 0.29) is 30.1 Å². The highest BCUT2D eigenvalue weighted by atomic mass is 16.2. The molecule has 2 atom stereocenters. The molecular weight excluding hydrogens is 324 g/mol. The fraction of sp³-hybridized carbons (Fsp3) is 0.364. The van der Waals surface area contributed by atoms with E-state index in [0.717, 1.165) is 16.8 Å². The molecule has 2 aromatic carbocycles. The molecule has 3 rings (SSSR count). The van der Waals surface area contributed by atoms with Crippen molar-refractivity contribution in [2.45, 2.75) is 33.1 Å². The highest BCUT2D eigenvalue weighted by molar-refractivity contribution is 6.00. The molecule has 0 bridgehead atoms. The number of hydrogen-bond donors (Lipinski definition) is 1. The van der Waals surface area contributed by atoms with E-state index >= 15 is 0 Å². The third-order valence-electron chi connectivity index (χ3n) is 5.31. The molecule has 0 saturated carbocycles. The summed E-state index contributed by atoms with van der Waals surface area (Å²) in [6.07, 6.45) is 0.277. The van der Waals surface area contributed by atoms with Crippen LogP contribution in [0.3, 0.4) is 0 Å². The molecule has 0 aliphatic carbocycles. The van der Waals surface area contributed by atoms with E-state index in [0.29, 0.717) is 13.1 Å². The summed E-state index contributed by atoms with van der Waals surface area (Å²) in [7, 11) is 0. The van der Waals surface area contributed by atoms with E-state index < -0.39 is 0 Å². The van der Waals surface area contributed by atoms with Crippen LogP contribution in [-0.2, 0) is 9.59 Å². The molecule has 2 amide bonds. The Hall–Kier alpha value is -2.62. The summed E-state index contributed by atoms with van der Waals surface area (Å²) >= 11 is 0. The SMILES string of the molecule is Cc1cccc(N2C[C@H](C(=O)NC[C@@H](C)c3ccccc3)CC2=O)c1C. The Morgan fingerprint density at radius 1 is 1.15 bits per heavy atom. The van der Waals surface area contributed by atoms with Gasteiger partial charge in [-0.25, -0.2) is 0 Å². The van der Waals surface area contributed by atoms with Gasteiger partial charge in [0.25, 0.3) is 0 Å². The van der Waals surface area contributed by atoms with Gasteiger partial charge < -0.3 is 10.2 Å². The van der Waals surface area contributed by atoms with Gasteiger partial charge in [0.1, 0.15) is 0 Å². The lowest BCUT2D eigenvalue weighted by atomic mass is 10.0. The zero-order valence-corrected chi connectivity index (χ0v) is 15.7. The Bertz CT molecular complexity index is 801. The van der Waals surface area contributed by atoms with E-state index in [1.54, 1.807) is 4.90 Å². The summed E-state index contributed by atoms with van der Waals surface area (Å²) in [5, 5.41) is 3.02. The van der Waals surface area contributed by atoms with Crippen molar-refractivity contribution in [3.63, 3.8) is 0 Å². The van der Waals surface area contributed by atoms with Crippen LogP contribution in [0, 0.1) is 19.8 Å². The summed E-state index contributed by atoms with van der Waals surface area (Å²) in [5.41, 5.74) is 4.37. The maximum atomic E-state index is 12.6. The molecule has 0 spiro atoms.